The molecular weight excluding hydrogens is 334 g/mol. The molecule has 0 spiro atoms. The molecule has 0 saturated heterocycles. The summed E-state index contributed by atoms with van der Waals surface area (Å²) in [5, 5.41) is 16.1. The van der Waals surface area contributed by atoms with Gasteiger partial charge in [0.2, 0.25) is 5.91 Å². The summed E-state index contributed by atoms with van der Waals surface area (Å²) in [4.78, 5) is 23.9. The molecule has 0 aliphatic heterocycles. The molecule has 0 atom stereocenters. The molecule has 0 aliphatic rings. The topological polar surface area (TPSA) is 100 Å². The monoisotopic (exact) mass is 355 g/mol. The van der Waals surface area contributed by atoms with Crippen LogP contribution in [0.25, 0.3) is 0 Å². The minimum atomic E-state index is -0.459. The molecule has 136 valence electrons. The van der Waals surface area contributed by atoms with Crippen LogP contribution in [0.1, 0.15) is 29.3 Å². The van der Waals surface area contributed by atoms with Gasteiger partial charge in [0.25, 0.3) is 5.91 Å². The number of benzene rings is 2. The minimum Gasteiger partial charge on any atom is -0.508 e. The van der Waals surface area contributed by atoms with Crippen LogP contribution < -0.4 is 15.5 Å². The largest absolute Gasteiger partial charge is 0.508 e. The van der Waals surface area contributed by atoms with Crippen molar-refractivity contribution >= 4 is 17.5 Å². The van der Waals surface area contributed by atoms with Gasteiger partial charge in [0, 0.05) is 17.8 Å². The SMILES string of the molecule is COc1ccc(CNC(=O)C/C(C)=N/NC(=O)c2cccc(O)c2)cc1. The zero-order valence-corrected chi connectivity index (χ0v) is 14.7. The van der Waals surface area contributed by atoms with Crippen molar-refractivity contribution < 1.29 is 19.4 Å². The molecule has 26 heavy (non-hydrogen) atoms. The van der Waals surface area contributed by atoms with Gasteiger partial charge in [0.15, 0.2) is 0 Å². The third-order valence-electron chi connectivity index (χ3n) is 3.52. The van der Waals surface area contributed by atoms with E-state index in [9.17, 15) is 14.7 Å². The fourth-order valence-electron chi connectivity index (χ4n) is 2.14. The molecule has 2 aromatic rings. The molecule has 0 bridgehead atoms. The first-order valence-electron chi connectivity index (χ1n) is 8.00. The van der Waals surface area contributed by atoms with Gasteiger partial charge < -0.3 is 15.2 Å². The van der Waals surface area contributed by atoms with E-state index in [4.69, 9.17) is 4.74 Å². The average Bonchev–Trinajstić information content (AvgIpc) is 2.65. The summed E-state index contributed by atoms with van der Waals surface area (Å²) < 4.78 is 5.08. The smallest absolute Gasteiger partial charge is 0.271 e. The number of hydrazone groups is 1. The van der Waals surface area contributed by atoms with Gasteiger partial charge in [-0.05, 0) is 42.8 Å². The van der Waals surface area contributed by atoms with Crippen molar-refractivity contribution in [2.24, 2.45) is 5.10 Å². The molecule has 7 nitrogen and oxygen atoms in total. The highest BCUT2D eigenvalue weighted by atomic mass is 16.5. The van der Waals surface area contributed by atoms with Crippen molar-refractivity contribution in [1.82, 2.24) is 10.7 Å². The standard InChI is InChI=1S/C19H21N3O4/c1-13(21-22-19(25)15-4-3-5-16(23)11-15)10-18(24)20-12-14-6-8-17(26-2)9-7-14/h3-9,11,23H,10,12H2,1-2H3,(H,20,24)(H,22,25)/b21-13+. The molecule has 0 unspecified atom stereocenters. The molecule has 0 radical (unpaired) electrons. The second kappa shape index (κ2) is 9.22. The average molecular weight is 355 g/mol. The predicted molar refractivity (Wildman–Crippen MR) is 98.1 cm³/mol. The summed E-state index contributed by atoms with van der Waals surface area (Å²) in [5.41, 5.74) is 4.06. The van der Waals surface area contributed by atoms with Gasteiger partial charge in [-0.15, -0.1) is 0 Å². The Kier molecular flexibility index (Phi) is 6.73. The summed E-state index contributed by atoms with van der Waals surface area (Å²) in [6.45, 7) is 2.04. The lowest BCUT2D eigenvalue weighted by Gasteiger charge is -2.07. The van der Waals surface area contributed by atoms with Gasteiger partial charge >= 0.3 is 0 Å². The number of amides is 2. The van der Waals surface area contributed by atoms with Gasteiger partial charge in [-0.3, -0.25) is 9.59 Å². The van der Waals surface area contributed by atoms with Gasteiger partial charge in [0.1, 0.15) is 11.5 Å². The Morgan fingerprint density at radius 3 is 2.54 bits per heavy atom. The van der Waals surface area contributed by atoms with Crippen LogP contribution in [0.4, 0.5) is 0 Å². The Morgan fingerprint density at radius 2 is 1.88 bits per heavy atom. The summed E-state index contributed by atoms with van der Waals surface area (Å²) in [5.74, 6) is 0.0920. The highest BCUT2D eigenvalue weighted by Crippen LogP contribution is 2.11. The molecule has 0 fully saturated rings. The van der Waals surface area contributed by atoms with Crippen molar-refractivity contribution in [2.75, 3.05) is 7.11 Å². The van der Waals surface area contributed by atoms with E-state index in [0.29, 0.717) is 12.3 Å². The number of rotatable bonds is 7. The number of hydrogen-bond donors (Lipinski definition) is 3. The van der Waals surface area contributed by atoms with E-state index < -0.39 is 5.91 Å². The number of nitrogens with one attached hydrogen (secondary N) is 2. The molecule has 2 rings (SSSR count). The van der Waals surface area contributed by atoms with Crippen LogP contribution in [0.3, 0.4) is 0 Å². The molecule has 3 N–H and O–H groups in total. The second-order valence-corrected chi connectivity index (χ2v) is 5.64. The zero-order chi connectivity index (χ0) is 18.9. The van der Waals surface area contributed by atoms with E-state index in [2.05, 4.69) is 15.8 Å². The Bertz CT molecular complexity index is 801. The first-order valence-corrected chi connectivity index (χ1v) is 8.00. The quantitative estimate of drug-likeness (QED) is 0.524. The van der Waals surface area contributed by atoms with Crippen LogP contribution in [0.15, 0.2) is 53.6 Å². The summed E-state index contributed by atoms with van der Waals surface area (Å²) in [6, 6.07) is 13.3. The number of phenolic OH excluding ortho intramolecular Hbond substituents is 1. The Hall–Kier alpha value is -3.35. The van der Waals surface area contributed by atoms with Crippen molar-refractivity contribution in [3.8, 4) is 11.5 Å². The predicted octanol–water partition coefficient (Wildman–Crippen LogP) is 2.21. The number of nitrogens with zero attached hydrogens (tertiary/aromatic N) is 1. The number of carbonyl (C=O) groups is 2. The molecule has 0 aromatic heterocycles. The first kappa shape index (κ1) is 19.0. The maximum atomic E-state index is 11.9. The normalized spacial score (nSPS) is 10.9. The maximum Gasteiger partial charge on any atom is 0.271 e. The lowest BCUT2D eigenvalue weighted by molar-refractivity contribution is -0.120. The van der Waals surface area contributed by atoms with E-state index in [1.807, 2.05) is 24.3 Å². The molecule has 0 saturated carbocycles. The van der Waals surface area contributed by atoms with Crippen LogP contribution in [-0.2, 0) is 11.3 Å². The maximum absolute atomic E-state index is 11.9. The number of phenols is 1. The van der Waals surface area contributed by atoms with Crippen molar-refractivity contribution in [1.29, 1.82) is 0 Å². The first-order chi connectivity index (χ1) is 12.5. The fourth-order valence-corrected chi connectivity index (χ4v) is 2.14. The van der Waals surface area contributed by atoms with Crippen molar-refractivity contribution in [2.45, 2.75) is 19.9 Å². The van der Waals surface area contributed by atoms with E-state index in [-0.39, 0.29) is 23.6 Å². The van der Waals surface area contributed by atoms with Crippen LogP contribution in [0.2, 0.25) is 0 Å². The Morgan fingerprint density at radius 1 is 1.15 bits per heavy atom. The number of methoxy groups -OCH3 is 1. The Labute approximate surface area is 151 Å². The number of aromatic hydroxyl groups is 1. The van der Waals surface area contributed by atoms with Gasteiger partial charge in [-0.25, -0.2) is 5.43 Å². The lowest BCUT2D eigenvalue weighted by Crippen LogP contribution is -2.26. The van der Waals surface area contributed by atoms with Crippen LogP contribution in [0.5, 0.6) is 11.5 Å². The number of hydrogen-bond acceptors (Lipinski definition) is 5. The minimum absolute atomic E-state index is 0.00346. The summed E-state index contributed by atoms with van der Waals surface area (Å²) >= 11 is 0. The van der Waals surface area contributed by atoms with Gasteiger partial charge in [0.05, 0.1) is 13.5 Å². The lowest BCUT2D eigenvalue weighted by atomic mass is 10.2. The van der Waals surface area contributed by atoms with Crippen molar-refractivity contribution in [3.05, 3.63) is 59.7 Å². The molecule has 7 heteroatoms. The van der Waals surface area contributed by atoms with Gasteiger partial charge in [-0.1, -0.05) is 18.2 Å². The van der Waals surface area contributed by atoms with Crippen LogP contribution in [-0.4, -0.2) is 29.7 Å². The molecule has 2 amide bonds. The molecule has 0 aliphatic carbocycles. The Balaban J connectivity index is 1.80. The second-order valence-electron chi connectivity index (χ2n) is 5.64. The van der Waals surface area contributed by atoms with E-state index in [1.165, 1.54) is 12.1 Å². The highest BCUT2D eigenvalue weighted by Gasteiger charge is 2.07. The van der Waals surface area contributed by atoms with E-state index in [0.717, 1.165) is 11.3 Å². The molecular formula is C19H21N3O4. The number of carbonyl (C=O) groups excluding carboxylic acids is 2. The molecule has 0 heterocycles. The number of ether oxygens (including phenoxy) is 1. The van der Waals surface area contributed by atoms with Crippen LogP contribution >= 0.6 is 0 Å². The van der Waals surface area contributed by atoms with E-state index in [1.54, 1.807) is 26.2 Å². The van der Waals surface area contributed by atoms with Crippen molar-refractivity contribution in [3.63, 3.8) is 0 Å². The fraction of sp³-hybridized carbons (Fsp3) is 0.211. The third kappa shape index (κ3) is 5.94. The van der Waals surface area contributed by atoms with E-state index >= 15 is 0 Å². The van der Waals surface area contributed by atoms with Gasteiger partial charge in [-0.2, -0.15) is 5.10 Å². The molecule has 2 aromatic carbocycles. The third-order valence-corrected chi connectivity index (χ3v) is 3.52. The summed E-state index contributed by atoms with van der Waals surface area (Å²) in [7, 11) is 1.60. The zero-order valence-electron chi connectivity index (χ0n) is 14.7. The van der Waals surface area contributed by atoms with Crippen LogP contribution in [0, 0.1) is 0 Å². The highest BCUT2D eigenvalue weighted by molar-refractivity contribution is 6.01. The summed E-state index contributed by atoms with van der Waals surface area (Å²) in [6.07, 6.45) is 0.0659.